The van der Waals surface area contributed by atoms with E-state index in [0.29, 0.717) is 6.04 Å². The van der Waals surface area contributed by atoms with Crippen LogP contribution in [0.1, 0.15) is 42.4 Å². The fraction of sp³-hybridized carbons (Fsp3) is 0.480. The maximum absolute atomic E-state index is 13.7. The van der Waals surface area contributed by atoms with Crippen LogP contribution in [0, 0.1) is 0 Å². The Balaban J connectivity index is 1.51. The van der Waals surface area contributed by atoms with Gasteiger partial charge in [-0.3, -0.25) is 9.69 Å². The molecule has 0 saturated heterocycles. The molecule has 0 aliphatic heterocycles. The van der Waals surface area contributed by atoms with Crippen molar-refractivity contribution in [1.82, 2.24) is 10.2 Å². The first-order chi connectivity index (χ1) is 14.1. The second-order valence-corrected chi connectivity index (χ2v) is 8.90. The Morgan fingerprint density at radius 3 is 2.21 bits per heavy atom. The Hall–Kier alpha value is -2.17. The summed E-state index contributed by atoms with van der Waals surface area (Å²) in [6.45, 7) is 0.862. The smallest absolute Gasteiger partial charge is 0.241 e. The van der Waals surface area contributed by atoms with E-state index in [9.17, 15) is 4.79 Å². The molecule has 1 saturated carbocycles. The Kier molecular flexibility index (Phi) is 6.02. The zero-order valence-corrected chi connectivity index (χ0v) is 17.4. The predicted octanol–water partition coefficient (Wildman–Crippen LogP) is 3.08. The molecule has 0 radical (unpaired) electrons. The van der Waals surface area contributed by atoms with Gasteiger partial charge < -0.3 is 11.1 Å². The number of nitrogens with two attached hydrogens (primary N) is 1. The third-order valence-electron chi connectivity index (χ3n) is 6.92. The van der Waals surface area contributed by atoms with E-state index >= 15 is 0 Å². The Labute approximate surface area is 174 Å². The van der Waals surface area contributed by atoms with Crippen LogP contribution >= 0.6 is 0 Å². The Morgan fingerprint density at radius 1 is 1.00 bits per heavy atom. The third kappa shape index (κ3) is 4.39. The molecule has 0 heterocycles. The zero-order valence-electron chi connectivity index (χ0n) is 17.4. The number of carbonyl (C=O) groups is 1. The van der Waals surface area contributed by atoms with E-state index in [1.54, 1.807) is 0 Å². The topological polar surface area (TPSA) is 58.4 Å². The molecule has 29 heavy (non-hydrogen) atoms. The molecule has 0 atom stereocenters. The zero-order chi connectivity index (χ0) is 20.3. The van der Waals surface area contributed by atoms with E-state index < -0.39 is 5.54 Å². The fourth-order valence-corrected chi connectivity index (χ4v) is 4.94. The van der Waals surface area contributed by atoms with E-state index in [2.05, 4.69) is 65.8 Å². The molecule has 2 aliphatic rings. The lowest BCUT2D eigenvalue weighted by Crippen LogP contribution is -2.60. The molecule has 2 aromatic rings. The van der Waals surface area contributed by atoms with Crippen molar-refractivity contribution >= 4 is 5.91 Å². The van der Waals surface area contributed by atoms with Gasteiger partial charge in [0.2, 0.25) is 5.91 Å². The highest BCUT2D eigenvalue weighted by Crippen LogP contribution is 2.35. The number of amides is 1. The van der Waals surface area contributed by atoms with Crippen molar-refractivity contribution in [3.63, 3.8) is 0 Å². The number of hydrogen-bond acceptors (Lipinski definition) is 3. The molecular formula is C25H33N3O. The van der Waals surface area contributed by atoms with Gasteiger partial charge >= 0.3 is 0 Å². The summed E-state index contributed by atoms with van der Waals surface area (Å²) in [5.74, 6) is 0.185. The van der Waals surface area contributed by atoms with Crippen molar-refractivity contribution in [2.24, 2.45) is 5.73 Å². The van der Waals surface area contributed by atoms with Crippen molar-refractivity contribution in [3.8, 4) is 0 Å². The lowest BCUT2D eigenvalue weighted by Gasteiger charge is -2.39. The molecule has 154 valence electrons. The second-order valence-electron chi connectivity index (χ2n) is 8.90. The standard InChI is InChI=1S/C25H33N3O/c1-28(16-15-19-7-3-2-4-8-19)25(17-20-9-5-6-10-21(20)18-25)24(29)27-23-13-11-22(26)12-14-23/h2-10,22-23H,11-18,26H2,1H3,(H,27,29). The largest absolute Gasteiger partial charge is 0.352 e. The molecule has 1 fully saturated rings. The van der Waals surface area contributed by atoms with E-state index in [1.807, 2.05) is 6.07 Å². The van der Waals surface area contributed by atoms with E-state index in [0.717, 1.165) is 51.5 Å². The van der Waals surface area contributed by atoms with Crippen LogP contribution in [0.3, 0.4) is 0 Å². The molecule has 3 N–H and O–H groups in total. The summed E-state index contributed by atoms with van der Waals surface area (Å²) < 4.78 is 0. The monoisotopic (exact) mass is 391 g/mol. The van der Waals surface area contributed by atoms with Gasteiger partial charge in [-0.15, -0.1) is 0 Å². The fourth-order valence-electron chi connectivity index (χ4n) is 4.94. The van der Waals surface area contributed by atoms with Crippen LogP contribution < -0.4 is 11.1 Å². The third-order valence-corrected chi connectivity index (χ3v) is 6.92. The van der Waals surface area contributed by atoms with Crippen LogP contribution in [-0.2, 0) is 24.1 Å². The van der Waals surface area contributed by atoms with Gasteiger partial charge in [-0.25, -0.2) is 0 Å². The lowest BCUT2D eigenvalue weighted by molar-refractivity contribution is -0.133. The first-order valence-electron chi connectivity index (χ1n) is 11.0. The molecular weight excluding hydrogens is 358 g/mol. The minimum Gasteiger partial charge on any atom is -0.352 e. The van der Waals surface area contributed by atoms with Gasteiger partial charge in [-0.05, 0) is 55.8 Å². The molecule has 4 nitrogen and oxygen atoms in total. The summed E-state index contributed by atoms with van der Waals surface area (Å²) in [7, 11) is 2.12. The molecule has 0 spiro atoms. The minimum atomic E-state index is -0.502. The number of nitrogens with one attached hydrogen (secondary N) is 1. The van der Waals surface area contributed by atoms with Crippen LogP contribution in [0.5, 0.6) is 0 Å². The first kappa shape index (κ1) is 20.1. The van der Waals surface area contributed by atoms with Crippen LogP contribution in [-0.4, -0.2) is 42.0 Å². The van der Waals surface area contributed by atoms with Crippen molar-refractivity contribution in [1.29, 1.82) is 0 Å². The van der Waals surface area contributed by atoms with Gasteiger partial charge in [-0.2, -0.15) is 0 Å². The average Bonchev–Trinajstić information content (AvgIpc) is 3.15. The van der Waals surface area contributed by atoms with Gasteiger partial charge in [0.25, 0.3) is 0 Å². The van der Waals surface area contributed by atoms with Crippen LogP contribution in [0.2, 0.25) is 0 Å². The Morgan fingerprint density at radius 2 is 1.59 bits per heavy atom. The molecule has 0 aromatic heterocycles. The molecule has 0 unspecified atom stereocenters. The van der Waals surface area contributed by atoms with Crippen molar-refractivity contribution in [3.05, 3.63) is 71.3 Å². The van der Waals surface area contributed by atoms with Crippen molar-refractivity contribution in [2.45, 2.75) is 62.6 Å². The maximum Gasteiger partial charge on any atom is 0.241 e. The number of nitrogens with zero attached hydrogens (tertiary/aromatic N) is 1. The van der Waals surface area contributed by atoms with E-state index in [4.69, 9.17) is 5.73 Å². The predicted molar refractivity (Wildman–Crippen MR) is 118 cm³/mol. The van der Waals surface area contributed by atoms with Crippen molar-refractivity contribution in [2.75, 3.05) is 13.6 Å². The minimum absolute atomic E-state index is 0.185. The van der Waals surface area contributed by atoms with Crippen LogP contribution in [0.4, 0.5) is 0 Å². The summed E-state index contributed by atoms with van der Waals surface area (Å²) in [4.78, 5) is 15.9. The molecule has 0 bridgehead atoms. The molecule has 4 rings (SSSR count). The van der Waals surface area contributed by atoms with Crippen LogP contribution in [0.25, 0.3) is 0 Å². The number of likely N-dealkylation sites (N-methyl/N-ethyl adjacent to an activating group) is 1. The number of fused-ring (bicyclic) bond motifs is 1. The average molecular weight is 392 g/mol. The molecule has 4 heteroatoms. The SMILES string of the molecule is CN(CCc1ccccc1)C1(C(=O)NC2CCC(N)CC2)Cc2ccccc2C1. The van der Waals surface area contributed by atoms with Crippen LogP contribution in [0.15, 0.2) is 54.6 Å². The van der Waals surface area contributed by atoms with Gasteiger partial charge in [0, 0.05) is 31.5 Å². The molecule has 2 aromatic carbocycles. The van der Waals surface area contributed by atoms with Gasteiger partial charge in [0.1, 0.15) is 5.54 Å². The summed E-state index contributed by atoms with van der Waals surface area (Å²) in [5, 5.41) is 3.40. The number of hydrogen-bond donors (Lipinski definition) is 2. The highest BCUT2D eigenvalue weighted by Gasteiger charge is 2.47. The number of carbonyl (C=O) groups excluding carboxylic acids is 1. The summed E-state index contributed by atoms with van der Waals surface area (Å²) in [6.07, 6.45) is 6.50. The Bertz CT molecular complexity index is 802. The van der Waals surface area contributed by atoms with Gasteiger partial charge in [0.05, 0.1) is 0 Å². The van der Waals surface area contributed by atoms with Crippen molar-refractivity contribution < 1.29 is 4.79 Å². The first-order valence-corrected chi connectivity index (χ1v) is 11.0. The van der Waals surface area contributed by atoms with Gasteiger partial charge in [-0.1, -0.05) is 54.6 Å². The second kappa shape index (κ2) is 8.68. The highest BCUT2D eigenvalue weighted by molar-refractivity contribution is 5.88. The summed E-state index contributed by atoms with van der Waals surface area (Å²) in [6, 6.07) is 19.6. The number of benzene rings is 2. The lowest BCUT2D eigenvalue weighted by atomic mass is 9.88. The molecule has 2 aliphatic carbocycles. The van der Waals surface area contributed by atoms with Gasteiger partial charge in [0.15, 0.2) is 0 Å². The summed E-state index contributed by atoms with van der Waals surface area (Å²) >= 11 is 0. The highest BCUT2D eigenvalue weighted by atomic mass is 16.2. The molecule has 1 amide bonds. The quantitative estimate of drug-likeness (QED) is 0.796. The summed E-state index contributed by atoms with van der Waals surface area (Å²) in [5.41, 5.74) is 9.48. The van der Waals surface area contributed by atoms with E-state index in [1.165, 1.54) is 16.7 Å². The maximum atomic E-state index is 13.7. The normalized spacial score (nSPS) is 23.0. The van der Waals surface area contributed by atoms with E-state index in [-0.39, 0.29) is 11.9 Å². The number of rotatable bonds is 6.